The van der Waals surface area contributed by atoms with Gasteiger partial charge in [0, 0.05) is 18.4 Å². The number of aryl methyl sites for hydroxylation is 1. The molecule has 116 valence electrons. The van der Waals surface area contributed by atoms with Gasteiger partial charge in [-0.05, 0) is 43.6 Å². The van der Waals surface area contributed by atoms with E-state index in [9.17, 15) is 4.79 Å². The van der Waals surface area contributed by atoms with Crippen molar-refractivity contribution in [3.05, 3.63) is 28.5 Å². The molecule has 1 aromatic rings. The molecular formula is C17H25ClN2O. The Balaban J connectivity index is 2.02. The molecule has 1 heterocycles. The minimum atomic E-state index is -0.109. The highest BCUT2D eigenvalue weighted by atomic mass is 35.5. The van der Waals surface area contributed by atoms with Gasteiger partial charge in [-0.15, -0.1) is 0 Å². The molecule has 1 N–H and O–H groups in total. The van der Waals surface area contributed by atoms with Gasteiger partial charge in [-0.1, -0.05) is 38.3 Å². The van der Waals surface area contributed by atoms with Crippen molar-refractivity contribution in [1.82, 2.24) is 10.3 Å². The van der Waals surface area contributed by atoms with Gasteiger partial charge < -0.3 is 5.32 Å². The smallest absolute Gasteiger partial charge is 0.254 e. The van der Waals surface area contributed by atoms with Crippen LogP contribution in [-0.2, 0) is 0 Å². The Hall–Kier alpha value is -1.09. The number of aromatic nitrogens is 1. The molecule has 0 spiro atoms. The normalized spacial score (nSPS) is 17.2. The van der Waals surface area contributed by atoms with Crippen LogP contribution in [0.3, 0.4) is 0 Å². The van der Waals surface area contributed by atoms with Crippen LogP contribution in [0.2, 0.25) is 5.02 Å². The van der Waals surface area contributed by atoms with E-state index in [2.05, 4.69) is 24.1 Å². The van der Waals surface area contributed by atoms with Crippen LogP contribution in [-0.4, -0.2) is 17.4 Å². The maximum atomic E-state index is 12.3. The van der Waals surface area contributed by atoms with Crippen LogP contribution in [0.5, 0.6) is 0 Å². The van der Waals surface area contributed by atoms with E-state index in [-0.39, 0.29) is 11.3 Å². The third-order valence-corrected chi connectivity index (χ3v) is 4.68. The fraction of sp³-hybridized carbons (Fsp3) is 0.647. The van der Waals surface area contributed by atoms with Crippen LogP contribution >= 0.6 is 11.6 Å². The summed E-state index contributed by atoms with van der Waals surface area (Å²) in [5.41, 5.74) is 1.57. The number of amides is 1. The minimum absolute atomic E-state index is 0.109. The van der Waals surface area contributed by atoms with E-state index in [4.69, 9.17) is 11.6 Å². The second kappa shape index (κ2) is 6.78. The van der Waals surface area contributed by atoms with Gasteiger partial charge in [0.1, 0.15) is 0 Å². The molecule has 4 heteroatoms. The average Bonchev–Trinajstić information content (AvgIpc) is 2.84. The number of nitrogens with zero attached hydrogens (tertiary/aromatic N) is 1. The zero-order chi connectivity index (χ0) is 15.5. The Morgan fingerprint density at radius 3 is 2.67 bits per heavy atom. The first-order valence-electron chi connectivity index (χ1n) is 7.82. The summed E-state index contributed by atoms with van der Waals surface area (Å²) in [6.07, 6.45) is 7.71. The van der Waals surface area contributed by atoms with Crippen LogP contribution in [0.4, 0.5) is 0 Å². The van der Waals surface area contributed by atoms with Gasteiger partial charge >= 0.3 is 0 Å². The molecule has 0 unspecified atom stereocenters. The molecule has 0 radical (unpaired) electrons. The fourth-order valence-electron chi connectivity index (χ4n) is 3.50. The predicted molar refractivity (Wildman–Crippen MR) is 86.7 cm³/mol. The zero-order valence-corrected chi connectivity index (χ0v) is 14.0. The Bertz CT molecular complexity index is 508. The molecule has 2 rings (SSSR count). The summed E-state index contributed by atoms with van der Waals surface area (Å²) in [5, 5.41) is 3.56. The minimum Gasteiger partial charge on any atom is -0.351 e. The van der Waals surface area contributed by atoms with Gasteiger partial charge in [0.25, 0.3) is 5.91 Å². The second-order valence-corrected chi connectivity index (χ2v) is 7.20. The zero-order valence-electron chi connectivity index (χ0n) is 13.2. The lowest BCUT2D eigenvalue weighted by atomic mass is 9.78. The number of hydrogen-bond acceptors (Lipinski definition) is 2. The fourth-order valence-corrected chi connectivity index (χ4v) is 3.79. The van der Waals surface area contributed by atoms with E-state index in [1.807, 2.05) is 6.92 Å². The molecule has 1 aliphatic carbocycles. The van der Waals surface area contributed by atoms with E-state index in [1.54, 1.807) is 12.3 Å². The maximum Gasteiger partial charge on any atom is 0.254 e. The van der Waals surface area contributed by atoms with Gasteiger partial charge in [-0.25, -0.2) is 0 Å². The van der Waals surface area contributed by atoms with Crippen LogP contribution in [0.25, 0.3) is 0 Å². The predicted octanol–water partition coefficient (Wildman–Crippen LogP) is 4.38. The van der Waals surface area contributed by atoms with E-state index in [0.29, 0.717) is 16.5 Å². The van der Waals surface area contributed by atoms with Crippen molar-refractivity contribution in [2.75, 3.05) is 6.54 Å². The lowest BCUT2D eigenvalue weighted by Crippen LogP contribution is -2.37. The van der Waals surface area contributed by atoms with Gasteiger partial charge in [0.2, 0.25) is 0 Å². The number of carbonyl (C=O) groups is 1. The summed E-state index contributed by atoms with van der Waals surface area (Å²) >= 11 is 6.14. The number of rotatable bonds is 5. The maximum absolute atomic E-state index is 12.3. The first-order chi connectivity index (χ1) is 9.92. The molecule has 1 amide bonds. The Kier molecular flexibility index (Phi) is 5.26. The van der Waals surface area contributed by atoms with Crippen molar-refractivity contribution >= 4 is 17.5 Å². The largest absolute Gasteiger partial charge is 0.351 e. The highest BCUT2D eigenvalue weighted by Crippen LogP contribution is 2.42. The molecule has 0 saturated heterocycles. The van der Waals surface area contributed by atoms with Gasteiger partial charge in [0.05, 0.1) is 10.6 Å². The monoisotopic (exact) mass is 308 g/mol. The molecule has 1 saturated carbocycles. The van der Waals surface area contributed by atoms with Crippen LogP contribution in [0, 0.1) is 18.3 Å². The summed E-state index contributed by atoms with van der Waals surface area (Å²) in [6, 6.07) is 1.73. The Morgan fingerprint density at radius 1 is 1.43 bits per heavy atom. The molecule has 1 aliphatic rings. The number of hydrogen-bond donors (Lipinski definition) is 1. The van der Waals surface area contributed by atoms with Crippen molar-refractivity contribution < 1.29 is 4.79 Å². The molecule has 0 bridgehead atoms. The van der Waals surface area contributed by atoms with E-state index in [1.165, 1.54) is 32.1 Å². The summed E-state index contributed by atoms with van der Waals surface area (Å²) in [6.45, 7) is 7.11. The third kappa shape index (κ3) is 4.19. The quantitative estimate of drug-likeness (QED) is 0.877. The number of pyridine rings is 1. The van der Waals surface area contributed by atoms with Gasteiger partial charge in [-0.2, -0.15) is 0 Å². The molecule has 0 atom stereocenters. The Morgan fingerprint density at radius 2 is 2.10 bits per heavy atom. The van der Waals surface area contributed by atoms with Crippen molar-refractivity contribution in [2.24, 2.45) is 11.3 Å². The lowest BCUT2D eigenvalue weighted by Gasteiger charge is -2.31. The van der Waals surface area contributed by atoms with Gasteiger partial charge in [0.15, 0.2) is 0 Å². The lowest BCUT2D eigenvalue weighted by molar-refractivity contribution is 0.0921. The number of nitrogens with one attached hydrogen (secondary N) is 1. The number of carbonyl (C=O) groups excluding carboxylic acids is 1. The topological polar surface area (TPSA) is 42.0 Å². The highest BCUT2D eigenvalue weighted by molar-refractivity contribution is 6.33. The van der Waals surface area contributed by atoms with Crippen molar-refractivity contribution in [3.8, 4) is 0 Å². The summed E-state index contributed by atoms with van der Waals surface area (Å²) in [4.78, 5) is 16.5. The standard InChI is InChI=1S/C17H25ClN2O/c1-12(2)9-17(6-4-5-7-17)11-20-16(21)14-10-19-13(3)8-15(14)18/h8,10,12H,4-7,9,11H2,1-3H3,(H,20,21). The third-order valence-electron chi connectivity index (χ3n) is 4.36. The average molecular weight is 309 g/mol. The highest BCUT2D eigenvalue weighted by Gasteiger charge is 2.34. The van der Waals surface area contributed by atoms with Crippen molar-refractivity contribution in [3.63, 3.8) is 0 Å². The van der Waals surface area contributed by atoms with Crippen LogP contribution < -0.4 is 5.32 Å². The van der Waals surface area contributed by atoms with Crippen LogP contribution in [0.15, 0.2) is 12.3 Å². The van der Waals surface area contributed by atoms with E-state index < -0.39 is 0 Å². The first kappa shape index (κ1) is 16.3. The van der Waals surface area contributed by atoms with Crippen LogP contribution in [0.1, 0.15) is 62.0 Å². The first-order valence-corrected chi connectivity index (χ1v) is 8.20. The molecule has 3 nitrogen and oxygen atoms in total. The molecule has 1 aromatic heterocycles. The molecular weight excluding hydrogens is 284 g/mol. The van der Waals surface area contributed by atoms with Crippen molar-refractivity contribution in [2.45, 2.75) is 52.9 Å². The summed E-state index contributed by atoms with van der Waals surface area (Å²) in [5.74, 6) is 0.548. The summed E-state index contributed by atoms with van der Waals surface area (Å²) < 4.78 is 0. The second-order valence-electron chi connectivity index (χ2n) is 6.79. The SMILES string of the molecule is Cc1cc(Cl)c(C(=O)NCC2(CC(C)C)CCCC2)cn1. The molecule has 0 aliphatic heterocycles. The molecule has 1 fully saturated rings. The Labute approximate surface area is 132 Å². The summed E-state index contributed by atoms with van der Waals surface area (Å²) in [7, 11) is 0. The van der Waals surface area contributed by atoms with E-state index in [0.717, 1.165) is 12.2 Å². The molecule has 21 heavy (non-hydrogen) atoms. The number of halogens is 1. The van der Waals surface area contributed by atoms with E-state index >= 15 is 0 Å². The van der Waals surface area contributed by atoms with Crippen molar-refractivity contribution in [1.29, 1.82) is 0 Å². The van der Waals surface area contributed by atoms with Gasteiger partial charge in [-0.3, -0.25) is 9.78 Å². The molecule has 0 aromatic carbocycles.